The van der Waals surface area contributed by atoms with E-state index < -0.39 is 18.6 Å². The Balaban J connectivity index is 1.98. The molecule has 0 saturated heterocycles. The number of amides is 1. The summed E-state index contributed by atoms with van der Waals surface area (Å²) in [5.41, 5.74) is 0.722. The number of anilines is 2. The summed E-state index contributed by atoms with van der Waals surface area (Å²) in [6, 6.07) is 4.63. The lowest BCUT2D eigenvalue weighted by Crippen LogP contribution is -2.35. The minimum Gasteiger partial charge on any atom is -0.347 e. The number of hydrogen-bond donors (Lipinski definition) is 1. The van der Waals surface area contributed by atoms with Crippen LogP contribution in [-0.2, 0) is 0 Å². The monoisotopic (exact) mass is 393 g/mol. The number of nitrogens with one attached hydrogen (secondary N) is 1. The summed E-state index contributed by atoms with van der Waals surface area (Å²) in [4.78, 5) is 18.1. The van der Waals surface area contributed by atoms with Crippen LogP contribution in [0.1, 0.15) is 29.4 Å². The summed E-state index contributed by atoms with van der Waals surface area (Å²) in [5, 5.41) is 14.3. The number of fused-ring (bicyclic) bond motifs is 1. The van der Waals surface area contributed by atoms with Gasteiger partial charge in [0.25, 0.3) is 5.91 Å². The van der Waals surface area contributed by atoms with Gasteiger partial charge in [-0.2, -0.15) is 23.4 Å². The molecule has 148 valence electrons. The highest BCUT2D eigenvalue weighted by Crippen LogP contribution is 2.23. The second kappa shape index (κ2) is 7.79. The summed E-state index contributed by atoms with van der Waals surface area (Å²) < 4.78 is 40.1. The molecule has 3 aromatic rings. The van der Waals surface area contributed by atoms with Crippen molar-refractivity contribution < 1.29 is 18.0 Å². The van der Waals surface area contributed by atoms with Crippen molar-refractivity contribution in [3.8, 4) is 0 Å². The van der Waals surface area contributed by atoms with Gasteiger partial charge >= 0.3 is 6.18 Å². The molecule has 0 saturated carbocycles. The average Bonchev–Trinajstić information content (AvgIpc) is 2.96. The first kappa shape index (κ1) is 19.5. The lowest BCUT2D eigenvalue weighted by molar-refractivity contribution is -0.119. The molecular weight excluding hydrogens is 375 g/mol. The second-order valence-electron chi connectivity index (χ2n) is 6.11. The normalized spacial score (nSPS) is 11.6. The van der Waals surface area contributed by atoms with E-state index in [-0.39, 0.29) is 29.4 Å². The number of rotatable bonds is 6. The maximum Gasteiger partial charge on any atom is 0.405 e. The van der Waals surface area contributed by atoms with Crippen LogP contribution in [0.5, 0.6) is 0 Å². The average molecular weight is 393 g/mol. The molecule has 3 aromatic heterocycles. The van der Waals surface area contributed by atoms with Crippen LogP contribution in [0.15, 0.2) is 30.6 Å². The Labute approximate surface area is 158 Å². The molecule has 0 aliphatic heterocycles. The van der Waals surface area contributed by atoms with Crippen LogP contribution >= 0.6 is 0 Å². The quantitative estimate of drug-likeness (QED) is 0.693. The summed E-state index contributed by atoms with van der Waals surface area (Å²) in [7, 11) is 0. The maximum atomic E-state index is 12.9. The number of aryl methyl sites for hydroxylation is 1. The summed E-state index contributed by atoms with van der Waals surface area (Å²) in [6.45, 7) is 2.46. The van der Waals surface area contributed by atoms with E-state index in [1.165, 1.54) is 23.0 Å². The fourth-order valence-corrected chi connectivity index (χ4v) is 2.78. The van der Waals surface area contributed by atoms with Gasteiger partial charge in [0, 0.05) is 18.9 Å². The zero-order valence-corrected chi connectivity index (χ0v) is 15.2. The van der Waals surface area contributed by atoms with Crippen molar-refractivity contribution in [2.24, 2.45) is 0 Å². The first-order valence-electron chi connectivity index (χ1n) is 8.55. The Kier molecular flexibility index (Phi) is 5.43. The Hall–Kier alpha value is -3.24. The van der Waals surface area contributed by atoms with Crippen LogP contribution in [0, 0.1) is 6.92 Å². The van der Waals surface area contributed by atoms with Gasteiger partial charge in [0.1, 0.15) is 17.9 Å². The van der Waals surface area contributed by atoms with Crippen LogP contribution in [0.2, 0.25) is 0 Å². The number of nitrogens with zero attached hydrogens (tertiary/aromatic N) is 6. The van der Waals surface area contributed by atoms with E-state index in [1.807, 2.05) is 0 Å². The number of aromatic nitrogens is 5. The zero-order chi connectivity index (χ0) is 20.3. The standard InChI is InChI=1S/C17H18F3N7O/c1-3-8-26(10-17(18,19)20)13-6-9-27-15(23-13)14(11(2)25-27)16(28)22-12-5-4-7-21-24-12/h4-7,9H,3,8,10H2,1-2H3,(H,22,24,28). The summed E-state index contributed by atoms with van der Waals surface area (Å²) in [5.74, 6) is -0.150. The summed E-state index contributed by atoms with van der Waals surface area (Å²) in [6.07, 6.45) is -0.900. The first-order chi connectivity index (χ1) is 13.3. The third-order valence-electron chi connectivity index (χ3n) is 3.87. The molecule has 0 spiro atoms. The molecule has 0 unspecified atom stereocenters. The topological polar surface area (TPSA) is 88.3 Å². The molecule has 0 radical (unpaired) electrons. The van der Waals surface area contributed by atoms with Crippen molar-refractivity contribution in [3.63, 3.8) is 0 Å². The van der Waals surface area contributed by atoms with Crippen LogP contribution in [-0.4, -0.2) is 50.0 Å². The van der Waals surface area contributed by atoms with Gasteiger partial charge in [0.2, 0.25) is 0 Å². The minimum absolute atomic E-state index is 0.125. The van der Waals surface area contributed by atoms with E-state index in [4.69, 9.17) is 0 Å². The molecule has 28 heavy (non-hydrogen) atoms. The Morgan fingerprint density at radius 2 is 2.11 bits per heavy atom. The third kappa shape index (κ3) is 4.35. The number of hydrogen-bond acceptors (Lipinski definition) is 6. The lowest BCUT2D eigenvalue weighted by Gasteiger charge is -2.24. The number of halogens is 3. The molecule has 0 atom stereocenters. The molecule has 3 rings (SSSR count). The molecule has 0 aromatic carbocycles. The fraction of sp³-hybridized carbons (Fsp3) is 0.353. The van der Waals surface area contributed by atoms with Crippen molar-refractivity contribution in [1.82, 2.24) is 24.8 Å². The molecule has 0 aliphatic carbocycles. The zero-order valence-electron chi connectivity index (χ0n) is 15.2. The van der Waals surface area contributed by atoms with Gasteiger partial charge in [-0.1, -0.05) is 6.92 Å². The fourth-order valence-electron chi connectivity index (χ4n) is 2.78. The number of carbonyl (C=O) groups excluding carboxylic acids is 1. The number of alkyl halides is 3. The van der Waals surface area contributed by atoms with Crippen molar-refractivity contribution in [3.05, 3.63) is 41.9 Å². The van der Waals surface area contributed by atoms with Gasteiger partial charge in [0.05, 0.1) is 5.69 Å². The molecule has 0 bridgehead atoms. The van der Waals surface area contributed by atoms with Crippen LogP contribution < -0.4 is 10.2 Å². The largest absolute Gasteiger partial charge is 0.405 e. The molecule has 1 N–H and O–H groups in total. The smallest absolute Gasteiger partial charge is 0.347 e. The van der Waals surface area contributed by atoms with Crippen LogP contribution in [0.3, 0.4) is 0 Å². The van der Waals surface area contributed by atoms with E-state index in [0.29, 0.717) is 12.1 Å². The molecule has 0 aliphatic rings. The van der Waals surface area contributed by atoms with Crippen molar-refractivity contribution in [1.29, 1.82) is 0 Å². The van der Waals surface area contributed by atoms with Crippen molar-refractivity contribution in [2.45, 2.75) is 26.4 Å². The van der Waals surface area contributed by atoms with E-state index >= 15 is 0 Å². The van der Waals surface area contributed by atoms with Gasteiger partial charge < -0.3 is 10.2 Å². The SMILES string of the molecule is CCCN(CC(F)(F)F)c1ccn2nc(C)c(C(=O)Nc3cccnn3)c2n1. The molecule has 0 fully saturated rings. The summed E-state index contributed by atoms with van der Waals surface area (Å²) >= 11 is 0. The lowest BCUT2D eigenvalue weighted by atomic mass is 10.2. The Morgan fingerprint density at radius 1 is 1.32 bits per heavy atom. The predicted octanol–water partition coefficient (Wildman–Crippen LogP) is 2.86. The maximum absolute atomic E-state index is 12.9. The van der Waals surface area contributed by atoms with E-state index in [9.17, 15) is 18.0 Å². The second-order valence-corrected chi connectivity index (χ2v) is 6.11. The molecule has 11 heteroatoms. The highest BCUT2D eigenvalue weighted by Gasteiger charge is 2.31. The van der Waals surface area contributed by atoms with Crippen molar-refractivity contribution in [2.75, 3.05) is 23.3 Å². The van der Waals surface area contributed by atoms with Crippen LogP contribution in [0.25, 0.3) is 5.65 Å². The number of carbonyl (C=O) groups is 1. The Bertz CT molecular complexity index is 972. The van der Waals surface area contributed by atoms with Gasteiger partial charge in [-0.15, -0.1) is 5.10 Å². The molecule has 8 nitrogen and oxygen atoms in total. The van der Waals surface area contributed by atoms with Crippen molar-refractivity contribution >= 4 is 23.2 Å². The van der Waals surface area contributed by atoms with Gasteiger partial charge in [-0.3, -0.25) is 4.79 Å². The third-order valence-corrected chi connectivity index (χ3v) is 3.87. The van der Waals surface area contributed by atoms with Crippen LogP contribution in [0.4, 0.5) is 24.8 Å². The molecular formula is C17H18F3N7O. The van der Waals surface area contributed by atoms with Gasteiger partial charge in [-0.05, 0) is 31.5 Å². The highest BCUT2D eigenvalue weighted by atomic mass is 19.4. The Morgan fingerprint density at radius 3 is 2.75 bits per heavy atom. The van der Waals surface area contributed by atoms with E-state index in [0.717, 1.165) is 4.90 Å². The first-order valence-corrected chi connectivity index (χ1v) is 8.55. The predicted molar refractivity (Wildman–Crippen MR) is 96.3 cm³/mol. The molecule has 3 heterocycles. The minimum atomic E-state index is -4.37. The molecule has 1 amide bonds. The highest BCUT2D eigenvalue weighted by molar-refractivity contribution is 6.08. The van der Waals surface area contributed by atoms with E-state index in [2.05, 4.69) is 25.6 Å². The van der Waals surface area contributed by atoms with Gasteiger partial charge in [-0.25, -0.2) is 9.50 Å². The van der Waals surface area contributed by atoms with E-state index in [1.54, 1.807) is 26.0 Å². The van der Waals surface area contributed by atoms with Gasteiger partial charge in [0.15, 0.2) is 11.5 Å².